The van der Waals surface area contributed by atoms with Gasteiger partial charge < -0.3 is 10.1 Å². The first-order valence-corrected chi connectivity index (χ1v) is 5.36. The predicted molar refractivity (Wildman–Crippen MR) is 58.7 cm³/mol. The second kappa shape index (κ2) is 6.53. The first kappa shape index (κ1) is 12.1. The molecular weight excluding hydrogens is 192 g/mol. The zero-order chi connectivity index (χ0) is 11.1. The lowest BCUT2D eigenvalue weighted by molar-refractivity contribution is 0.124. The van der Waals surface area contributed by atoms with Gasteiger partial charge in [-0.3, -0.25) is 0 Å². The Hall–Kier alpha value is -0.940. The van der Waals surface area contributed by atoms with E-state index in [9.17, 15) is 0 Å². The molecule has 0 aromatic carbocycles. The summed E-state index contributed by atoms with van der Waals surface area (Å²) in [6.45, 7) is 9.26. The number of rotatable bonds is 7. The number of nitrogens with zero attached hydrogens (tertiary/aromatic N) is 3. The molecule has 1 aromatic rings. The number of hydrogen-bond acceptors (Lipinski definition) is 4. The van der Waals surface area contributed by atoms with Crippen LogP contribution in [0.1, 0.15) is 19.5 Å². The molecular formula is C10H20N4O. The Balaban J connectivity index is 1.98. The maximum absolute atomic E-state index is 5.45. The van der Waals surface area contributed by atoms with Crippen molar-refractivity contribution in [2.75, 3.05) is 19.8 Å². The highest BCUT2D eigenvalue weighted by Crippen LogP contribution is 1.89. The Bertz CT molecular complexity index is 272. The molecule has 0 atom stereocenters. The largest absolute Gasteiger partial charge is 0.378 e. The van der Waals surface area contributed by atoms with Crippen LogP contribution in [0, 0.1) is 6.92 Å². The van der Waals surface area contributed by atoms with Gasteiger partial charge in [-0.2, -0.15) is 0 Å². The zero-order valence-corrected chi connectivity index (χ0v) is 9.73. The molecule has 5 heteroatoms. The monoisotopic (exact) mass is 212 g/mol. The van der Waals surface area contributed by atoms with Gasteiger partial charge in [0.1, 0.15) is 0 Å². The third-order valence-electron chi connectivity index (χ3n) is 1.92. The molecule has 1 rings (SSSR count). The number of hydrogen-bond donors (Lipinski definition) is 1. The molecule has 1 N–H and O–H groups in total. The van der Waals surface area contributed by atoms with Gasteiger partial charge in [0.25, 0.3) is 0 Å². The van der Waals surface area contributed by atoms with E-state index in [1.54, 1.807) is 4.68 Å². The molecule has 0 aliphatic carbocycles. The molecule has 1 heterocycles. The molecule has 0 saturated carbocycles. The van der Waals surface area contributed by atoms with Crippen molar-refractivity contribution in [3.8, 4) is 0 Å². The van der Waals surface area contributed by atoms with Gasteiger partial charge in [-0.15, -0.1) is 5.10 Å². The Morgan fingerprint density at radius 1 is 1.47 bits per heavy atom. The van der Waals surface area contributed by atoms with Crippen molar-refractivity contribution in [3.05, 3.63) is 11.9 Å². The Morgan fingerprint density at radius 2 is 2.27 bits per heavy atom. The zero-order valence-electron chi connectivity index (χ0n) is 9.73. The van der Waals surface area contributed by atoms with Gasteiger partial charge in [0, 0.05) is 18.8 Å². The average Bonchev–Trinajstić information content (AvgIpc) is 2.57. The number of nitrogens with one attached hydrogen (secondary N) is 1. The van der Waals surface area contributed by atoms with E-state index in [1.165, 1.54) is 0 Å². The minimum atomic E-state index is 0.520. The van der Waals surface area contributed by atoms with E-state index in [2.05, 4.69) is 29.5 Å². The van der Waals surface area contributed by atoms with Crippen LogP contribution in [0.5, 0.6) is 0 Å². The molecule has 1 aromatic heterocycles. The lowest BCUT2D eigenvalue weighted by Gasteiger charge is -2.08. The highest BCUT2D eigenvalue weighted by Gasteiger charge is 1.95. The molecule has 0 unspecified atom stereocenters. The van der Waals surface area contributed by atoms with Crippen LogP contribution in [0.25, 0.3) is 0 Å². The summed E-state index contributed by atoms with van der Waals surface area (Å²) in [6.07, 6.45) is 1.91. The van der Waals surface area contributed by atoms with Crippen LogP contribution in [-0.4, -0.2) is 40.8 Å². The summed E-state index contributed by atoms with van der Waals surface area (Å²) in [6, 6.07) is 0.520. The van der Waals surface area contributed by atoms with Crippen molar-refractivity contribution in [2.45, 2.75) is 33.4 Å². The number of ether oxygens (including phenoxy) is 1. The maximum atomic E-state index is 5.45. The van der Waals surface area contributed by atoms with Gasteiger partial charge in [-0.1, -0.05) is 19.1 Å². The van der Waals surface area contributed by atoms with Crippen molar-refractivity contribution in [3.63, 3.8) is 0 Å². The fourth-order valence-corrected chi connectivity index (χ4v) is 1.18. The van der Waals surface area contributed by atoms with Crippen LogP contribution >= 0.6 is 0 Å². The van der Waals surface area contributed by atoms with Crippen molar-refractivity contribution >= 4 is 0 Å². The van der Waals surface area contributed by atoms with Crippen LogP contribution in [0.2, 0.25) is 0 Å². The van der Waals surface area contributed by atoms with Crippen LogP contribution in [0.3, 0.4) is 0 Å². The van der Waals surface area contributed by atoms with Gasteiger partial charge in [-0.05, 0) is 6.92 Å². The summed E-state index contributed by atoms with van der Waals surface area (Å²) in [5, 5.41) is 11.1. The maximum Gasteiger partial charge on any atom is 0.0796 e. The summed E-state index contributed by atoms with van der Waals surface area (Å²) in [5.74, 6) is 0. The molecule has 0 aliphatic heterocycles. The molecule has 0 radical (unpaired) electrons. The lowest BCUT2D eigenvalue weighted by Crippen LogP contribution is -2.27. The van der Waals surface area contributed by atoms with Crippen LogP contribution in [0.15, 0.2) is 6.20 Å². The first-order chi connectivity index (χ1) is 7.18. The summed E-state index contributed by atoms with van der Waals surface area (Å²) in [4.78, 5) is 0. The highest BCUT2D eigenvalue weighted by atomic mass is 16.5. The van der Waals surface area contributed by atoms with E-state index in [1.807, 2.05) is 13.1 Å². The van der Waals surface area contributed by atoms with E-state index in [0.717, 1.165) is 25.4 Å². The molecule has 15 heavy (non-hydrogen) atoms. The predicted octanol–water partition coefficient (Wildman–Crippen LogP) is 0.601. The number of aromatic nitrogens is 3. The third kappa shape index (κ3) is 5.49. The summed E-state index contributed by atoms with van der Waals surface area (Å²) >= 11 is 0. The highest BCUT2D eigenvalue weighted by molar-refractivity contribution is 4.86. The standard InChI is InChI=1S/C10H20N4O/c1-9(2)11-4-6-15-7-5-14-8-10(3)12-13-14/h8-9,11H,4-7H2,1-3H3. The quantitative estimate of drug-likeness (QED) is 0.672. The van der Waals surface area contributed by atoms with Gasteiger partial charge in [0.05, 0.1) is 25.5 Å². The van der Waals surface area contributed by atoms with Crippen LogP contribution in [0.4, 0.5) is 0 Å². The lowest BCUT2D eigenvalue weighted by atomic mass is 10.4. The molecule has 86 valence electrons. The van der Waals surface area contributed by atoms with Crippen molar-refractivity contribution < 1.29 is 4.74 Å². The van der Waals surface area contributed by atoms with E-state index >= 15 is 0 Å². The molecule has 0 bridgehead atoms. The third-order valence-corrected chi connectivity index (χ3v) is 1.92. The first-order valence-electron chi connectivity index (χ1n) is 5.36. The normalized spacial score (nSPS) is 11.2. The van der Waals surface area contributed by atoms with Crippen molar-refractivity contribution in [1.82, 2.24) is 20.3 Å². The fourth-order valence-electron chi connectivity index (χ4n) is 1.18. The Morgan fingerprint density at radius 3 is 2.87 bits per heavy atom. The molecule has 0 aliphatic rings. The molecule has 0 amide bonds. The average molecular weight is 212 g/mol. The van der Waals surface area contributed by atoms with E-state index in [0.29, 0.717) is 12.6 Å². The summed E-state index contributed by atoms with van der Waals surface area (Å²) in [7, 11) is 0. The van der Waals surface area contributed by atoms with Gasteiger partial charge >= 0.3 is 0 Å². The minimum Gasteiger partial charge on any atom is -0.378 e. The van der Waals surface area contributed by atoms with E-state index in [-0.39, 0.29) is 0 Å². The van der Waals surface area contributed by atoms with E-state index < -0.39 is 0 Å². The minimum absolute atomic E-state index is 0.520. The van der Waals surface area contributed by atoms with Gasteiger partial charge in [-0.25, -0.2) is 4.68 Å². The van der Waals surface area contributed by atoms with E-state index in [4.69, 9.17) is 4.74 Å². The van der Waals surface area contributed by atoms with Crippen LogP contribution in [-0.2, 0) is 11.3 Å². The molecule has 0 fully saturated rings. The summed E-state index contributed by atoms with van der Waals surface area (Å²) < 4.78 is 7.24. The number of aryl methyl sites for hydroxylation is 1. The summed E-state index contributed by atoms with van der Waals surface area (Å²) in [5.41, 5.74) is 0.941. The fraction of sp³-hybridized carbons (Fsp3) is 0.800. The van der Waals surface area contributed by atoms with Gasteiger partial charge in [0.2, 0.25) is 0 Å². The smallest absolute Gasteiger partial charge is 0.0796 e. The second-order valence-electron chi connectivity index (χ2n) is 3.84. The van der Waals surface area contributed by atoms with Crippen LogP contribution < -0.4 is 5.32 Å². The second-order valence-corrected chi connectivity index (χ2v) is 3.84. The Kier molecular flexibility index (Phi) is 5.28. The molecule has 0 spiro atoms. The topological polar surface area (TPSA) is 52.0 Å². The SMILES string of the molecule is Cc1cn(CCOCCNC(C)C)nn1. The molecule has 0 saturated heterocycles. The van der Waals surface area contributed by atoms with Crippen molar-refractivity contribution in [1.29, 1.82) is 0 Å². The molecule has 5 nitrogen and oxygen atoms in total. The van der Waals surface area contributed by atoms with Crippen molar-refractivity contribution in [2.24, 2.45) is 0 Å². The Labute approximate surface area is 90.8 Å². The van der Waals surface area contributed by atoms with Gasteiger partial charge in [0.15, 0.2) is 0 Å².